The lowest BCUT2D eigenvalue weighted by Crippen LogP contribution is -2.20. The maximum Gasteiger partial charge on any atom is 0.416 e. The van der Waals surface area contributed by atoms with Crippen LogP contribution >= 0.6 is 0 Å². The number of anilines is 1. The molecule has 0 unspecified atom stereocenters. The predicted molar refractivity (Wildman–Crippen MR) is 133 cm³/mol. The lowest BCUT2D eigenvalue weighted by atomic mass is 10.0. The molecule has 0 aliphatic carbocycles. The Balaban J connectivity index is 1.96. The molecule has 0 heterocycles. The topological polar surface area (TPSA) is 111 Å². The zero-order valence-electron chi connectivity index (χ0n) is 20.5. The highest BCUT2D eigenvalue weighted by molar-refractivity contribution is 7.92. The fourth-order valence-electron chi connectivity index (χ4n) is 3.70. The van der Waals surface area contributed by atoms with Gasteiger partial charge in [0.1, 0.15) is 12.4 Å². The third-order valence-corrected chi connectivity index (χ3v) is 6.97. The lowest BCUT2D eigenvalue weighted by molar-refractivity contribution is -0.137. The van der Waals surface area contributed by atoms with Crippen LogP contribution in [0.2, 0.25) is 0 Å². The highest BCUT2D eigenvalue weighted by Gasteiger charge is 2.32. The SMILES string of the molecule is COCC(COC)c1ccccc1S(=O)(=O)Nc1ccc(C(F)(F)F)cc1OCc1ccc(C(=O)O)cc1. The average molecular weight is 554 g/mol. The number of hydrogen-bond acceptors (Lipinski definition) is 6. The van der Waals surface area contributed by atoms with Crippen molar-refractivity contribution in [1.82, 2.24) is 0 Å². The molecule has 38 heavy (non-hydrogen) atoms. The highest BCUT2D eigenvalue weighted by Crippen LogP contribution is 2.37. The zero-order chi connectivity index (χ0) is 27.9. The van der Waals surface area contributed by atoms with Crippen LogP contribution in [0.4, 0.5) is 18.9 Å². The third kappa shape index (κ3) is 7.24. The summed E-state index contributed by atoms with van der Waals surface area (Å²) in [6.45, 7) is 0.113. The van der Waals surface area contributed by atoms with Crippen LogP contribution in [0.15, 0.2) is 71.6 Å². The first kappa shape index (κ1) is 29.0. The number of rotatable bonds is 12. The van der Waals surface area contributed by atoms with Crippen molar-refractivity contribution < 1.29 is 45.7 Å². The number of benzene rings is 3. The molecule has 3 rings (SSSR count). The normalized spacial score (nSPS) is 11.9. The van der Waals surface area contributed by atoms with E-state index in [2.05, 4.69) is 4.72 Å². The van der Waals surface area contributed by atoms with Crippen molar-refractivity contribution >= 4 is 21.7 Å². The Morgan fingerprint density at radius 1 is 0.974 bits per heavy atom. The Bertz CT molecular complexity index is 1350. The van der Waals surface area contributed by atoms with Crippen LogP contribution in [0.5, 0.6) is 5.75 Å². The molecular weight excluding hydrogens is 527 g/mol. The van der Waals surface area contributed by atoms with Crippen molar-refractivity contribution in [3.8, 4) is 5.75 Å². The number of carbonyl (C=O) groups is 1. The summed E-state index contributed by atoms with van der Waals surface area (Å²) < 4.78 is 85.4. The molecule has 12 heteroatoms. The zero-order valence-corrected chi connectivity index (χ0v) is 21.3. The molecule has 2 N–H and O–H groups in total. The number of sulfonamides is 1. The summed E-state index contributed by atoms with van der Waals surface area (Å²) in [7, 11) is -1.34. The Kier molecular flexibility index (Phi) is 9.36. The summed E-state index contributed by atoms with van der Waals surface area (Å²) in [6.07, 6.45) is -4.70. The first-order valence-corrected chi connectivity index (χ1v) is 12.7. The van der Waals surface area contributed by atoms with E-state index >= 15 is 0 Å². The molecule has 0 aliphatic heterocycles. The molecule has 0 aliphatic rings. The van der Waals surface area contributed by atoms with Crippen molar-refractivity contribution in [3.05, 3.63) is 89.0 Å². The third-order valence-electron chi connectivity index (χ3n) is 5.53. The standard InChI is InChI=1S/C26H26F3NO7S/c1-35-15-19(16-36-2)21-5-3-4-6-24(21)38(33,34)30-22-12-11-20(26(27,28)29)13-23(22)37-14-17-7-9-18(10-8-17)25(31)32/h3-13,19,30H,14-16H2,1-2H3,(H,31,32). The van der Waals surface area contributed by atoms with Gasteiger partial charge in [0.25, 0.3) is 10.0 Å². The Labute approximate surface area is 218 Å². The second-order valence-electron chi connectivity index (χ2n) is 8.25. The minimum atomic E-state index is -4.70. The van der Waals surface area contributed by atoms with Crippen molar-refractivity contribution in [2.45, 2.75) is 23.6 Å². The van der Waals surface area contributed by atoms with Gasteiger partial charge in [-0.25, -0.2) is 13.2 Å². The average Bonchev–Trinajstić information content (AvgIpc) is 2.87. The maximum absolute atomic E-state index is 13.4. The van der Waals surface area contributed by atoms with Crippen molar-refractivity contribution in [3.63, 3.8) is 0 Å². The number of carboxylic acid groups (broad SMARTS) is 1. The lowest BCUT2D eigenvalue weighted by Gasteiger charge is -2.21. The van der Waals surface area contributed by atoms with E-state index in [1.54, 1.807) is 12.1 Å². The van der Waals surface area contributed by atoms with E-state index in [-0.39, 0.29) is 41.7 Å². The van der Waals surface area contributed by atoms with E-state index in [0.29, 0.717) is 17.2 Å². The monoisotopic (exact) mass is 553 g/mol. The number of ether oxygens (including phenoxy) is 3. The van der Waals surface area contributed by atoms with Gasteiger partial charge in [-0.05, 0) is 47.5 Å². The first-order chi connectivity index (χ1) is 18.0. The molecule has 0 amide bonds. The van der Waals surface area contributed by atoms with E-state index in [0.717, 1.165) is 12.1 Å². The van der Waals surface area contributed by atoms with Crippen molar-refractivity contribution in [2.75, 3.05) is 32.2 Å². The van der Waals surface area contributed by atoms with E-state index in [4.69, 9.17) is 19.3 Å². The van der Waals surface area contributed by atoms with Gasteiger partial charge in [0.05, 0.1) is 34.9 Å². The predicted octanol–water partition coefficient (Wildman–Crippen LogP) is 5.16. The molecule has 8 nitrogen and oxygen atoms in total. The van der Waals surface area contributed by atoms with Gasteiger partial charge >= 0.3 is 12.1 Å². The number of halogens is 3. The van der Waals surface area contributed by atoms with Gasteiger partial charge in [-0.15, -0.1) is 0 Å². The summed E-state index contributed by atoms with van der Waals surface area (Å²) >= 11 is 0. The molecule has 3 aromatic rings. The van der Waals surface area contributed by atoms with Crippen LogP contribution in [0.1, 0.15) is 33.0 Å². The molecule has 0 radical (unpaired) electrons. The van der Waals surface area contributed by atoms with Gasteiger partial charge in [-0.2, -0.15) is 13.2 Å². The second-order valence-corrected chi connectivity index (χ2v) is 9.90. The minimum Gasteiger partial charge on any atom is -0.487 e. The van der Waals surface area contributed by atoms with E-state index in [9.17, 15) is 26.4 Å². The summed E-state index contributed by atoms with van der Waals surface area (Å²) in [6, 6.07) is 14.2. The van der Waals surface area contributed by atoms with Crippen molar-refractivity contribution in [1.29, 1.82) is 0 Å². The number of alkyl halides is 3. The smallest absolute Gasteiger partial charge is 0.416 e. The summed E-state index contributed by atoms with van der Waals surface area (Å²) in [5.41, 5.74) is -0.326. The maximum atomic E-state index is 13.4. The summed E-state index contributed by atoms with van der Waals surface area (Å²) in [4.78, 5) is 11.0. The first-order valence-electron chi connectivity index (χ1n) is 11.2. The fourth-order valence-corrected chi connectivity index (χ4v) is 5.07. The van der Waals surface area contributed by atoms with Crippen LogP contribution in [-0.4, -0.2) is 46.9 Å². The number of nitrogens with one attached hydrogen (secondary N) is 1. The van der Waals surface area contributed by atoms with E-state index < -0.39 is 33.7 Å². The van der Waals surface area contributed by atoms with E-state index in [1.807, 2.05) is 0 Å². The molecule has 3 aromatic carbocycles. The minimum absolute atomic E-state index is 0.0279. The van der Waals surface area contributed by atoms with Gasteiger partial charge in [0, 0.05) is 20.1 Å². The molecule has 0 bridgehead atoms. The van der Waals surface area contributed by atoms with Gasteiger partial charge in [0.15, 0.2) is 0 Å². The molecular formula is C26H26F3NO7S. The van der Waals surface area contributed by atoms with Crippen LogP contribution in [0.3, 0.4) is 0 Å². The Hall–Kier alpha value is -3.61. The molecule has 0 atom stereocenters. The fraction of sp³-hybridized carbons (Fsp3) is 0.269. The Morgan fingerprint density at radius 2 is 1.61 bits per heavy atom. The largest absolute Gasteiger partial charge is 0.487 e. The molecule has 204 valence electrons. The van der Waals surface area contributed by atoms with Crippen LogP contribution in [0.25, 0.3) is 0 Å². The number of carboxylic acids is 1. The van der Waals surface area contributed by atoms with Crippen LogP contribution in [0, 0.1) is 0 Å². The molecule has 0 saturated heterocycles. The van der Waals surface area contributed by atoms with Crippen LogP contribution in [-0.2, 0) is 32.3 Å². The number of aromatic carboxylic acids is 1. The summed E-state index contributed by atoms with van der Waals surface area (Å²) in [5.74, 6) is -1.91. The molecule has 0 fully saturated rings. The van der Waals surface area contributed by atoms with Crippen LogP contribution < -0.4 is 9.46 Å². The number of hydrogen-bond donors (Lipinski definition) is 2. The molecule has 0 spiro atoms. The van der Waals surface area contributed by atoms with Gasteiger partial charge in [0.2, 0.25) is 0 Å². The highest BCUT2D eigenvalue weighted by atomic mass is 32.2. The number of methoxy groups -OCH3 is 2. The van der Waals surface area contributed by atoms with Gasteiger partial charge < -0.3 is 19.3 Å². The summed E-state index contributed by atoms with van der Waals surface area (Å²) in [5, 5.41) is 9.03. The quantitative estimate of drug-likeness (QED) is 0.319. The van der Waals surface area contributed by atoms with Gasteiger partial charge in [-0.1, -0.05) is 30.3 Å². The van der Waals surface area contributed by atoms with Crippen molar-refractivity contribution in [2.24, 2.45) is 0 Å². The van der Waals surface area contributed by atoms with E-state index in [1.165, 1.54) is 50.6 Å². The second kappa shape index (κ2) is 12.3. The molecule has 0 aromatic heterocycles. The van der Waals surface area contributed by atoms with Gasteiger partial charge in [-0.3, -0.25) is 4.72 Å². The Morgan fingerprint density at radius 3 is 2.18 bits per heavy atom. The molecule has 0 saturated carbocycles.